The molecule has 1 aliphatic rings. The van der Waals surface area contributed by atoms with Gasteiger partial charge in [0.1, 0.15) is 0 Å². The van der Waals surface area contributed by atoms with E-state index in [1.54, 1.807) is 12.1 Å². The summed E-state index contributed by atoms with van der Waals surface area (Å²) in [5, 5.41) is 2.78. The lowest BCUT2D eigenvalue weighted by Gasteiger charge is -2.25. The molecule has 1 heterocycles. The SMILES string of the molecule is CCC(C)(C)NC(=O)COC(=O)c1cccc(S(=O)(=O)N2c3ccccc3CC2C)c1. The molecule has 1 atom stereocenters. The third-order valence-corrected chi connectivity index (χ3v) is 7.39. The maximum absolute atomic E-state index is 13.3. The van der Waals surface area contributed by atoms with E-state index in [0.29, 0.717) is 12.1 Å². The van der Waals surface area contributed by atoms with Gasteiger partial charge in [0, 0.05) is 11.6 Å². The lowest BCUT2D eigenvalue weighted by atomic mass is 10.0. The molecule has 31 heavy (non-hydrogen) atoms. The molecule has 7 nitrogen and oxygen atoms in total. The zero-order chi connectivity index (χ0) is 22.8. The Morgan fingerprint density at radius 1 is 1.16 bits per heavy atom. The smallest absolute Gasteiger partial charge is 0.338 e. The van der Waals surface area contributed by atoms with Crippen LogP contribution in [-0.4, -0.2) is 38.5 Å². The second-order valence-electron chi connectivity index (χ2n) is 8.37. The van der Waals surface area contributed by atoms with Crippen LogP contribution >= 0.6 is 0 Å². The lowest BCUT2D eigenvalue weighted by Crippen LogP contribution is -2.44. The van der Waals surface area contributed by atoms with Crippen LogP contribution in [0.2, 0.25) is 0 Å². The topological polar surface area (TPSA) is 92.8 Å². The Balaban J connectivity index is 1.77. The maximum Gasteiger partial charge on any atom is 0.338 e. The number of esters is 1. The van der Waals surface area contributed by atoms with Crippen molar-refractivity contribution in [2.24, 2.45) is 0 Å². The van der Waals surface area contributed by atoms with Crippen molar-refractivity contribution in [2.45, 2.75) is 57.0 Å². The van der Waals surface area contributed by atoms with Crippen molar-refractivity contribution in [3.63, 3.8) is 0 Å². The first kappa shape index (κ1) is 22.8. The number of rotatable bonds is 7. The number of sulfonamides is 1. The molecular weight excluding hydrogens is 416 g/mol. The summed E-state index contributed by atoms with van der Waals surface area (Å²) in [5.41, 5.74) is 1.29. The monoisotopic (exact) mass is 444 g/mol. The number of anilines is 1. The van der Waals surface area contributed by atoms with Crippen molar-refractivity contribution in [2.75, 3.05) is 10.9 Å². The average molecular weight is 445 g/mol. The van der Waals surface area contributed by atoms with Crippen LogP contribution in [0.5, 0.6) is 0 Å². The van der Waals surface area contributed by atoms with Crippen LogP contribution in [0, 0.1) is 0 Å². The normalized spacial score (nSPS) is 16.0. The van der Waals surface area contributed by atoms with Crippen LogP contribution in [0.15, 0.2) is 53.4 Å². The minimum atomic E-state index is -3.87. The maximum atomic E-state index is 13.3. The Morgan fingerprint density at radius 2 is 1.87 bits per heavy atom. The van der Waals surface area contributed by atoms with Crippen molar-refractivity contribution in [3.05, 3.63) is 59.7 Å². The van der Waals surface area contributed by atoms with Gasteiger partial charge in [-0.2, -0.15) is 0 Å². The molecule has 0 saturated carbocycles. The fraction of sp³-hybridized carbons (Fsp3) is 0.391. The van der Waals surface area contributed by atoms with E-state index in [9.17, 15) is 18.0 Å². The molecule has 0 saturated heterocycles. The summed E-state index contributed by atoms with van der Waals surface area (Å²) in [4.78, 5) is 24.5. The van der Waals surface area contributed by atoms with E-state index < -0.39 is 34.0 Å². The van der Waals surface area contributed by atoms with Gasteiger partial charge >= 0.3 is 5.97 Å². The van der Waals surface area contributed by atoms with E-state index >= 15 is 0 Å². The largest absolute Gasteiger partial charge is 0.452 e. The highest BCUT2D eigenvalue weighted by atomic mass is 32.2. The zero-order valence-corrected chi connectivity index (χ0v) is 19.0. The average Bonchev–Trinajstić information content (AvgIpc) is 3.08. The Hall–Kier alpha value is -2.87. The predicted molar refractivity (Wildman–Crippen MR) is 119 cm³/mol. The van der Waals surface area contributed by atoms with Crippen molar-refractivity contribution < 1.29 is 22.7 Å². The van der Waals surface area contributed by atoms with Crippen LogP contribution in [0.1, 0.15) is 50.0 Å². The van der Waals surface area contributed by atoms with Gasteiger partial charge in [0.2, 0.25) is 0 Å². The molecule has 0 fully saturated rings. The molecule has 0 radical (unpaired) electrons. The number of amides is 1. The molecule has 2 aromatic rings. The van der Waals surface area contributed by atoms with Gasteiger partial charge in [-0.25, -0.2) is 13.2 Å². The van der Waals surface area contributed by atoms with Crippen molar-refractivity contribution in [1.82, 2.24) is 5.32 Å². The third kappa shape index (κ3) is 4.90. The number of hydrogen-bond acceptors (Lipinski definition) is 5. The fourth-order valence-corrected chi connectivity index (χ4v) is 5.26. The van der Waals surface area contributed by atoms with Crippen molar-refractivity contribution in [1.29, 1.82) is 0 Å². The van der Waals surface area contributed by atoms with Crippen molar-refractivity contribution in [3.8, 4) is 0 Å². The van der Waals surface area contributed by atoms with Gasteiger partial charge in [0.25, 0.3) is 15.9 Å². The van der Waals surface area contributed by atoms with Gasteiger partial charge in [0.15, 0.2) is 6.61 Å². The second-order valence-corrected chi connectivity index (χ2v) is 10.2. The Morgan fingerprint density at radius 3 is 2.58 bits per heavy atom. The standard InChI is InChI=1S/C23H28N2O5S/c1-5-23(3,4)24-21(26)15-30-22(27)18-10-8-11-19(14-18)31(28,29)25-16(2)13-17-9-6-7-12-20(17)25/h6-12,14,16H,5,13,15H2,1-4H3,(H,24,26). The summed E-state index contributed by atoms with van der Waals surface area (Å²) < 4.78 is 33.2. The molecule has 1 amide bonds. The number of benzene rings is 2. The molecule has 0 aliphatic carbocycles. The van der Waals surface area contributed by atoms with Crippen LogP contribution in [0.3, 0.4) is 0 Å². The summed E-state index contributed by atoms with van der Waals surface area (Å²) in [6.45, 7) is 7.11. The number of nitrogens with zero attached hydrogens (tertiary/aromatic N) is 1. The van der Waals surface area contributed by atoms with Gasteiger partial charge < -0.3 is 10.1 Å². The number of carbonyl (C=O) groups is 2. The highest BCUT2D eigenvalue weighted by Gasteiger charge is 2.36. The highest BCUT2D eigenvalue weighted by molar-refractivity contribution is 7.92. The quantitative estimate of drug-likeness (QED) is 0.662. The summed E-state index contributed by atoms with van der Waals surface area (Å²) in [7, 11) is -3.87. The summed E-state index contributed by atoms with van der Waals surface area (Å²) in [6.07, 6.45) is 1.35. The van der Waals surface area contributed by atoms with E-state index in [0.717, 1.165) is 12.0 Å². The number of ether oxygens (including phenoxy) is 1. The first-order valence-corrected chi connectivity index (χ1v) is 11.7. The first-order chi connectivity index (χ1) is 14.5. The molecule has 1 N–H and O–H groups in total. The van der Waals surface area contributed by atoms with E-state index in [4.69, 9.17) is 4.74 Å². The van der Waals surface area contributed by atoms with E-state index in [-0.39, 0.29) is 16.5 Å². The number of hydrogen-bond donors (Lipinski definition) is 1. The summed E-state index contributed by atoms with van der Waals surface area (Å²) in [6, 6.07) is 12.9. The van der Waals surface area contributed by atoms with Crippen LogP contribution in [0.4, 0.5) is 5.69 Å². The first-order valence-electron chi connectivity index (χ1n) is 10.3. The minimum Gasteiger partial charge on any atom is -0.452 e. The van der Waals surface area contributed by atoms with E-state index in [1.165, 1.54) is 28.6 Å². The van der Waals surface area contributed by atoms with Crippen molar-refractivity contribution >= 4 is 27.6 Å². The number of fused-ring (bicyclic) bond motifs is 1. The Kier molecular flexibility index (Phi) is 6.40. The molecule has 1 aliphatic heterocycles. The second kappa shape index (κ2) is 8.70. The van der Waals surface area contributed by atoms with Gasteiger partial charge in [0.05, 0.1) is 16.1 Å². The number of nitrogens with one attached hydrogen (secondary N) is 1. The highest BCUT2D eigenvalue weighted by Crippen LogP contribution is 2.36. The van der Waals surface area contributed by atoms with Gasteiger partial charge in [-0.15, -0.1) is 0 Å². The zero-order valence-electron chi connectivity index (χ0n) is 18.2. The van der Waals surface area contributed by atoms with Gasteiger partial charge in [-0.05, 0) is 63.4 Å². The number of para-hydroxylation sites is 1. The molecule has 2 aromatic carbocycles. The third-order valence-electron chi connectivity index (χ3n) is 5.47. The van der Waals surface area contributed by atoms with E-state index in [2.05, 4.69) is 5.32 Å². The number of carbonyl (C=O) groups excluding carboxylic acids is 2. The van der Waals surface area contributed by atoms with E-state index in [1.807, 2.05) is 39.8 Å². The molecule has 8 heteroatoms. The van der Waals surface area contributed by atoms with Crippen LogP contribution < -0.4 is 9.62 Å². The molecule has 3 rings (SSSR count). The van der Waals surface area contributed by atoms with Crippen LogP contribution in [-0.2, 0) is 26.0 Å². The Labute approximate surface area is 183 Å². The summed E-state index contributed by atoms with van der Waals surface area (Å²) in [5.74, 6) is -1.16. The molecule has 0 bridgehead atoms. The fourth-order valence-electron chi connectivity index (χ4n) is 3.52. The summed E-state index contributed by atoms with van der Waals surface area (Å²) >= 11 is 0. The lowest BCUT2D eigenvalue weighted by molar-refractivity contribution is -0.125. The molecule has 166 valence electrons. The molecule has 0 aromatic heterocycles. The molecular formula is C23H28N2O5S. The van der Waals surface area contributed by atoms with Gasteiger partial charge in [-0.3, -0.25) is 9.10 Å². The van der Waals surface area contributed by atoms with Gasteiger partial charge in [-0.1, -0.05) is 31.2 Å². The molecule has 0 spiro atoms. The Bertz CT molecular complexity index is 1090. The predicted octanol–water partition coefficient (Wildman–Crippen LogP) is 3.29. The minimum absolute atomic E-state index is 0.00192. The molecule has 1 unspecified atom stereocenters. The van der Waals surface area contributed by atoms with Crippen LogP contribution in [0.25, 0.3) is 0 Å².